The van der Waals surface area contributed by atoms with E-state index in [2.05, 4.69) is 0 Å². The van der Waals surface area contributed by atoms with Crippen molar-refractivity contribution >= 4 is 11.0 Å². The molecule has 0 fully saturated rings. The molecule has 12 heteroatoms. The van der Waals surface area contributed by atoms with Gasteiger partial charge in [0.2, 0.25) is 5.43 Å². The smallest absolute Gasteiger partial charge is 0.200 e. The largest absolute Gasteiger partial charge is 0.504 e. The Morgan fingerprint density at radius 1 is 0.795 bits per heavy atom. The third kappa shape index (κ3) is 10.2. The van der Waals surface area contributed by atoms with E-state index in [1.54, 1.807) is 39.5 Å². The lowest BCUT2D eigenvalue weighted by Crippen LogP contribution is -2.13. The monoisotopic (exact) mass is 618 g/mol. The number of allylic oxidation sites excluding steroid dienone is 2. The van der Waals surface area contributed by atoms with Crippen LogP contribution in [0, 0.1) is 0 Å². The van der Waals surface area contributed by atoms with Crippen LogP contribution in [0.1, 0.15) is 19.4 Å². The molecule has 0 atom stereocenters. The van der Waals surface area contributed by atoms with Gasteiger partial charge in [-0.3, -0.25) is 4.79 Å². The SMILES string of the molecule is COCCOCOc1ccc2c(=O)c(-c3c(OCOCCOC)cc(OCOCCOC)c(O)c3CC=C(C)C)coc2c1. The second-order valence-electron chi connectivity index (χ2n) is 9.69. The number of benzene rings is 2. The van der Waals surface area contributed by atoms with Crippen LogP contribution in [0.15, 0.2) is 51.4 Å². The zero-order chi connectivity index (χ0) is 31.7. The van der Waals surface area contributed by atoms with E-state index in [9.17, 15) is 9.90 Å². The fourth-order valence-corrected chi connectivity index (χ4v) is 3.99. The normalized spacial score (nSPS) is 11.1. The van der Waals surface area contributed by atoms with Gasteiger partial charge >= 0.3 is 0 Å². The molecule has 0 amide bonds. The van der Waals surface area contributed by atoms with Crippen LogP contribution in [0.25, 0.3) is 22.1 Å². The summed E-state index contributed by atoms with van der Waals surface area (Å²) in [5.74, 6) is 0.690. The van der Waals surface area contributed by atoms with E-state index in [4.69, 9.17) is 47.0 Å². The van der Waals surface area contributed by atoms with Gasteiger partial charge in [0.25, 0.3) is 0 Å². The number of aromatic hydroxyl groups is 1. The lowest BCUT2D eigenvalue weighted by molar-refractivity contribution is -0.0122. The van der Waals surface area contributed by atoms with Gasteiger partial charge in [0.1, 0.15) is 23.3 Å². The molecule has 0 unspecified atom stereocenters. The van der Waals surface area contributed by atoms with Crippen LogP contribution in [0.5, 0.6) is 23.0 Å². The standard InChI is InChI=1S/C32H42O12/c1-22(2)6-8-25-30(26-18-41-27-16-23(7-9-24(27)31(26)33)42-19-38-13-10-35-3)28(43-20-39-14-11-36-4)17-29(32(25)34)44-21-40-15-12-37-5/h6-7,9,16-18,34H,8,10-15,19-21H2,1-5H3. The number of phenols is 1. The quantitative estimate of drug-likeness (QED) is 0.101. The Morgan fingerprint density at radius 3 is 1.98 bits per heavy atom. The molecule has 44 heavy (non-hydrogen) atoms. The van der Waals surface area contributed by atoms with Crippen molar-refractivity contribution in [2.75, 3.05) is 81.3 Å². The summed E-state index contributed by atoms with van der Waals surface area (Å²) in [5, 5.41) is 11.7. The molecular formula is C32H42O12. The summed E-state index contributed by atoms with van der Waals surface area (Å²) in [5.41, 5.74) is 1.96. The van der Waals surface area contributed by atoms with Crippen molar-refractivity contribution in [1.29, 1.82) is 0 Å². The molecule has 12 nitrogen and oxygen atoms in total. The summed E-state index contributed by atoms with van der Waals surface area (Å²) in [4.78, 5) is 13.9. The van der Waals surface area contributed by atoms with Crippen LogP contribution in [0.2, 0.25) is 0 Å². The van der Waals surface area contributed by atoms with E-state index in [1.807, 2.05) is 19.9 Å². The molecule has 0 radical (unpaired) electrons. The summed E-state index contributed by atoms with van der Waals surface area (Å²) in [7, 11) is 4.73. The Hall–Kier alpha value is -3.65. The average molecular weight is 619 g/mol. The second-order valence-corrected chi connectivity index (χ2v) is 9.69. The van der Waals surface area contributed by atoms with Gasteiger partial charge in [0.15, 0.2) is 31.9 Å². The minimum atomic E-state index is -0.325. The van der Waals surface area contributed by atoms with E-state index >= 15 is 0 Å². The predicted molar refractivity (Wildman–Crippen MR) is 163 cm³/mol. The van der Waals surface area contributed by atoms with E-state index in [0.717, 1.165) is 5.57 Å². The number of hydrogen-bond donors (Lipinski definition) is 1. The number of ether oxygens (including phenoxy) is 9. The summed E-state index contributed by atoms with van der Waals surface area (Å²) < 4.78 is 54.6. The first-order valence-electron chi connectivity index (χ1n) is 14.1. The molecule has 1 N–H and O–H groups in total. The summed E-state index contributed by atoms with van der Waals surface area (Å²) in [6.07, 6.45) is 3.55. The fourth-order valence-electron chi connectivity index (χ4n) is 3.99. The van der Waals surface area contributed by atoms with Crippen molar-refractivity contribution in [3.63, 3.8) is 0 Å². The molecule has 0 saturated carbocycles. The predicted octanol–water partition coefficient (Wildman–Crippen LogP) is 4.67. The summed E-state index contributed by atoms with van der Waals surface area (Å²) in [6.45, 7) is 5.83. The van der Waals surface area contributed by atoms with Gasteiger partial charge in [-0.05, 0) is 32.4 Å². The lowest BCUT2D eigenvalue weighted by atomic mass is 9.94. The van der Waals surface area contributed by atoms with Crippen molar-refractivity contribution in [2.24, 2.45) is 0 Å². The first-order chi connectivity index (χ1) is 21.4. The van der Waals surface area contributed by atoms with Gasteiger partial charge < -0.3 is 52.2 Å². The van der Waals surface area contributed by atoms with Gasteiger partial charge in [-0.25, -0.2) is 0 Å². The van der Waals surface area contributed by atoms with E-state index in [1.165, 1.54) is 12.3 Å². The molecule has 0 aliphatic carbocycles. The third-order valence-electron chi connectivity index (χ3n) is 6.26. The molecule has 1 aromatic heterocycles. The van der Waals surface area contributed by atoms with Gasteiger partial charge in [0.05, 0.1) is 50.6 Å². The van der Waals surface area contributed by atoms with E-state index in [0.29, 0.717) is 67.5 Å². The molecule has 0 saturated heterocycles. The Labute approximate surface area is 256 Å². The Kier molecular flexibility index (Phi) is 15.0. The maximum Gasteiger partial charge on any atom is 0.200 e. The molecule has 3 rings (SSSR count). The number of hydrogen-bond acceptors (Lipinski definition) is 12. The number of phenolic OH excluding ortho intramolecular Hbond substituents is 1. The molecule has 3 aromatic rings. The molecule has 0 aliphatic heterocycles. The van der Waals surface area contributed by atoms with Crippen molar-refractivity contribution in [3.05, 3.63) is 58.0 Å². The zero-order valence-electron chi connectivity index (χ0n) is 26.0. The summed E-state index contributed by atoms with van der Waals surface area (Å²) in [6, 6.07) is 6.39. The van der Waals surface area contributed by atoms with Crippen molar-refractivity contribution in [2.45, 2.75) is 20.3 Å². The first-order valence-corrected chi connectivity index (χ1v) is 14.1. The highest BCUT2D eigenvalue weighted by atomic mass is 16.7. The zero-order valence-corrected chi connectivity index (χ0v) is 26.0. The average Bonchev–Trinajstić information content (AvgIpc) is 3.01. The molecule has 1 heterocycles. The number of rotatable bonds is 21. The van der Waals surface area contributed by atoms with Gasteiger partial charge in [-0.1, -0.05) is 11.6 Å². The van der Waals surface area contributed by atoms with Crippen LogP contribution in [-0.2, 0) is 34.8 Å². The van der Waals surface area contributed by atoms with Gasteiger partial charge in [0, 0.05) is 44.6 Å². The third-order valence-corrected chi connectivity index (χ3v) is 6.26. The van der Waals surface area contributed by atoms with Crippen LogP contribution >= 0.6 is 0 Å². The Bertz CT molecular complexity index is 1390. The Morgan fingerprint density at radius 2 is 1.39 bits per heavy atom. The minimum absolute atomic E-state index is 0.0170. The highest BCUT2D eigenvalue weighted by Crippen LogP contribution is 2.44. The van der Waals surface area contributed by atoms with Gasteiger partial charge in [-0.2, -0.15) is 0 Å². The lowest BCUT2D eigenvalue weighted by Gasteiger charge is -2.20. The van der Waals surface area contributed by atoms with Crippen molar-refractivity contribution < 1.29 is 52.2 Å². The maximum absolute atomic E-state index is 13.9. The maximum atomic E-state index is 13.9. The van der Waals surface area contributed by atoms with Crippen LogP contribution in [0.4, 0.5) is 0 Å². The first kappa shape index (κ1) is 34.8. The summed E-state index contributed by atoms with van der Waals surface area (Å²) >= 11 is 0. The molecule has 0 aliphatic rings. The molecule has 0 spiro atoms. The van der Waals surface area contributed by atoms with Crippen LogP contribution in [0.3, 0.4) is 0 Å². The fraction of sp³-hybridized carbons (Fsp3) is 0.469. The number of fused-ring (bicyclic) bond motifs is 1. The van der Waals surface area contributed by atoms with E-state index < -0.39 is 0 Å². The topological polar surface area (TPSA) is 134 Å². The Balaban J connectivity index is 2.05. The highest BCUT2D eigenvalue weighted by molar-refractivity contribution is 5.86. The van der Waals surface area contributed by atoms with Gasteiger partial charge in [-0.15, -0.1) is 0 Å². The minimum Gasteiger partial charge on any atom is -0.504 e. The van der Waals surface area contributed by atoms with E-state index in [-0.39, 0.29) is 55.0 Å². The molecule has 2 aromatic carbocycles. The molecule has 242 valence electrons. The second kappa shape index (κ2) is 18.9. The number of methoxy groups -OCH3 is 3. The highest BCUT2D eigenvalue weighted by Gasteiger charge is 2.24. The van der Waals surface area contributed by atoms with Crippen LogP contribution in [-0.4, -0.2) is 86.5 Å². The van der Waals surface area contributed by atoms with Crippen LogP contribution < -0.4 is 19.6 Å². The van der Waals surface area contributed by atoms with Crippen molar-refractivity contribution in [3.8, 4) is 34.1 Å². The van der Waals surface area contributed by atoms with Crippen molar-refractivity contribution in [1.82, 2.24) is 0 Å². The molecular weight excluding hydrogens is 576 g/mol. The molecule has 0 bridgehead atoms.